The van der Waals surface area contributed by atoms with Gasteiger partial charge < -0.3 is 15.5 Å². The van der Waals surface area contributed by atoms with Crippen LogP contribution in [0, 0.1) is 0 Å². The summed E-state index contributed by atoms with van der Waals surface area (Å²) in [6.07, 6.45) is -0.660. The SMILES string of the molecule is O=C(O)C[C@@H](NC(=O)Cc1ccc2ccccc2c1)C(=O)O. The van der Waals surface area contributed by atoms with Crippen LogP contribution < -0.4 is 5.32 Å². The van der Waals surface area contributed by atoms with E-state index in [1.807, 2.05) is 36.4 Å². The summed E-state index contributed by atoms with van der Waals surface area (Å²) in [7, 11) is 0. The Balaban J connectivity index is 2.06. The highest BCUT2D eigenvalue weighted by Crippen LogP contribution is 2.16. The van der Waals surface area contributed by atoms with Gasteiger partial charge in [-0.05, 0) is 16.3 Å². The average molecular weight is 301 g/mol. The number of hydrogen-bond donors (Lipinski definition) is 3. The molecule has 2 aromatic rings. The Morgan fingerprint density at radius 3 is 2.32 bits per heavy atom. The van der Waals surface area contributed by atoms with Crippen LogP contribution in [-0.2, 0) is 20.8 Å². The minimum atomic E-state index is -1.43. The van der Waals surface area contributed by atoms with Crippen molar-refractivity contribution >= 4 is 28.6 Å². The number of fused-ring (bicyclic) bond motifs is 1. The molecule has 2 rings (SSSR count). The molecule has 0 unspecified atom stereocenters. The summed E-state index contributed by atoms with van der Waals surface area (Å²) in [4.78, 5) is 33.4. The molecule has 0 spiro atoms. The van der Waals surface area contributed by atoms with E-state index < -0.39 is 30.3 Å². The molecule has 0 fully saturated rings. The second-order valence-corrected chi connectivity index (χ2v) is 4.91. The molecule has 0 saturated heterocycles. The van der Waals surface area contributed by atoms with E-state index in [0.717, 1.165) is 16.3 Å². The molecular weight excluding hydrogens is 286 g/mol. The van der Waals surface area contributed by atoms with Crippen molar-refractivity contribution in [1.82, 2.24) is 5.32 Å². The van der Waals surface area contributed by atoms with E-state index in [4.69, 9.17) is 10.2 Å². The first-order valence-corrected chi connectivity index (χ1v) is 6.67. The monoisotopic (exact) mass is 301 g/mol. The minimum Gasteiger partial charge on any atom is -0.481 e. The normalized spacial score (nSPS) is 11.8. The molecule has 2 aromatic carbocycles. The van der Waals surface area contributed by atoms with Crippen LogP contribution >= 0.6 is 0 Å². The Morgan fingerprint density at radius 2 is 1.68 bits per heavy atom. The number of benzene rings is 2. The van der Waals surface area contributed by atoms with Crippen LogP contribution in [0.3, 0.4) is 0 Å². The maximum Gasteiger partial charge on any atom is 0.326 e. The molecule has 3 N–H and O–H groups in total. The Labute approximate surface area is 126 Å². The molecule has 0 aliphatic rings. The summed E-state index contributed by atoms with van der Waals surface area (Å²) in [5, 5.41) is 21.8. The number of carbonyl (C=O) groups is 3. The molecular formula is C16H15NO5. The van der Waals surface area contributed by atoms with Crippen molar-refractivity contribution in [3.05, 3.63) is 48.0 Å². The fourth-order valence-corrected chi connectivity index (χ4v) is 2.15. The Hall–Kier alpha value is -2.89. The maximum absolute atomic E-state index is 11.9. The number of carbonyl (C=O) groups excluding carboxylic acids is 1. The van der Waals surface area contributed by atoms with Crippen molar-refractivity contribution in [2.75, 3.05) is 0 Å². The number of carboxylic acids is 2. The molecule has 0 saturated carbocycles. The lowest BCUT2D eigenvalue weighted by atomic mass is 10.0. The van der Waals surface area contributed by atoms with Gasteiger partial charge in [-0.15, -0.1) is 0 Å². The van der Waals surface area contributed by atoms with Crippen LogP contribution in [0.4, 0.5) is 0 Å². The number of amides is 1. The molecule has 0 heterocycles. The number of aliphatic carboxylic acids is 2. The van der Waals surface area contributed by atoms with Crippen molar-refractivity contribution in [2.24, 2.45) is 0 Å². The minimum absolute atomic E-state index is 0.00572. The van der Waals surface area contributed by atoms with Gasteiger partial charge in [0.1, 0.15) is 6.04 Å². The van der Waals surface area contributed by atoms with Crippen LogP contribution in [0.15, 0.2) is 42.5 Å². The van der Waals surface area contributed by atoms with Gasteiger partial charge in [0, 0.05) is 0 Å². The smallest absolute Gasteiger partial charge is 0.326 e. The van der Waals surface area contributed by atoms with E-state index in [9.17, 15) is 14.4 Å². The van der Waals surface area contributed by atoms with Crippen molar-refractivity contribution in [2.45, 2.75) is 18.9 Å². The first kappa shape index (κ1) is 15.5. The van der Waals surface area contributed by atoms with E-state index in [1.54, 1.807) is 6.07 Å². The molecule has 0 aliphatic carbocycles. The van der Waals surface area contributed by atoms with Crippen LogP contribution in [0.5, 0.6) is 0 Å². The van der Waals surface area contributed by atoms with Crippen LogP contribution in [-0.4, -0.2) is 34.1 Å². The van der Waals surface area contributed by atoms with Gasteiger partial charge in [-0.2, -0.15) is 0 Å². The van der Waals surface area contributed by atoms with Crippen LogP contribution in [0.2, 0.25) is 0 Å². The Kier molecular flexibility index (Phi) is 4.73. The molecule has 114 valence electrons. The Bertz CT molecular complexity index is 725. The zero-order chi connectivity index (χ0) is 16.1. The summed E-state index contributed by atoms with van der Waals surface area (Å²) >= 11 is 0. The molecule has 6 heteroatoms. The summed E-state index contributed by atoms with van der Waals surface area (Å²) in [5.41, 5.74) is 0.732. The lowest BCUT2D eigenvalue weighted by Gasteiger charge is -2.12. The van der Waals surface area contributed by atoms with E-state index in [2.05, 4.69) is 5.32 Å². The van der Waals surface area contributed by atoms with Crippen molar-refractivity contribution < 1.29 is 24.6 Å². The predicted molar refractivity (Wildman–Crippen MR) is 79.5 cm³/mol. The van der Waals surface area contributed by atoms with E-state index >= 15 is 0 Å². The fourth-order valence-electron chi connectivity index (χ4n) is 2.15. The number of hydrogen-bond acceptors (Lipinski definition) is 3. The van der Waals surface area contributed by atoms with Gasteiger partial charge in [0.05, 0.1) is 12.8 Å². The van der Waals surface area contributed by atoms with Gasteiger partial charge in [-0.1, -0.05) is 42.5 Å². The highest BCUT2D eigenvalue weighted by Gasteiger charge is 2.22. The molecule has 1 atom stereocenters. The molecule has 1 amide bonds. The van der Waals surface area contributed by atoms with Gasteiger partial charge in [0.25, 0.3) is 0 Å². The largest absolute Gasteiger partial charge is 0.481 e. The van der Waals surface area contributed by atoms with Gasteiger partial charge >= 0.3 is 11.9 Å². The topological polar surface area (TPSA) is 104 Å². The van der Waals surface area contributed by atoms with Crippen molar-refractivity contribution in [3.63, 3.8) is 0 Å². The molecule has 0 radical (unpaired) electrons. The average Bonchev–Trinajstić information content (AvgIpc) is 2.45. The zero-order valence-corrected chi connectivity index (χ0v) is 11.7. The first-order valence-electron chi connectivity index (χ1n) is 6.67. The van der Waals surface area contributed by atoms with Gasteiger partial charge in [0.2, 0.25) is 5.91 Å². The molecule has 6 nitrogen and oxygen atoms in total. The number of rotatable bonds is 6. The standard InChI is InChI=1S/C16H15NO5/c18-14(17-13(16(21)22)9-15(19)20)8-10-5-6-11-3-1-2-4-12(11)7-10/h1-7,13H,8-9H2,(H,17,18)(H,19,20)(H,21,22)/t13-/m1/s1. The zero-order valence-electron chi connectivity index (χ0n) is 11.7. The number of nitrogens with one attached hydrogen (secondary N) is 1. The highest BCUT2D eigenvalue weighted by atomic mass is 16.4. The van der Waals surface area contributed by atoms with Gasteiger partial charge in [-0.3, -0.25) is 9.59 Å². The summed E-state index contributed by atoms with van der Waals surface area (Å²) in [5.74, 6) is -3.17. The first-order chi connectivity index (χ1) is 10.5. The molecule has 0 aliphatic heterocycles. The summed E-state index contributed by atoms with van der Waals surface area (Å²) in [6.45, 7) is 0. The predicted octanol–water partition coefficient (Wildman–Crippen LogP) is 1.43. The van der Waals surface area contributed by atoms with E-state index in [-0.39, 0.29) is 6.42 Å². The van der Waals surface area contributed by atoms with E-state index in [1.165, 1.54) is 0 Å². The second kappa shape index (κ2) is 6.71. The lowest BCUT2D eigenvalue weighted by molar-refractivity contribution is -0.147. The summed E-state index contributed by atoms with van der Waals surface area (Å²) < 4.78 is 0. The van der Waals surface area contributed by atoms with Crippen molar-refractivity contribution in [1.29, 1.82) is 0 Å². The number of carboxylic acid groups (broad SMARTS) is 2. The summed E-state index contributed by atoms with van der Waals surface area (Å²) in [6, 6.07) is 11.8. The van der Waals surface area contributed by atoms with Crippen LogP contribution in [0.1, 0.15) is 12.0 Å². The fraction of sp³-hybridized carbons (Fsp3) is 0.188. The third-order valence-electron chi connectivity index (χ3n) is 3.19. The quantitative estimate of drug-likeness (QED) is 0.748. The van der Waals surface area contributed by atoms with Crippen molar-refractivity contribution in [3.8, 4) is 0 Å². The Morgan fingerprint density at radius 1 is 1.00 bits per heavy atom. The second-order valence-electron chi connectivity index (χ2n) is 4.91. The van der Waals surface area contributed by atoms with Gasteiger partial charge in [0.15, 0.2) is 0 Å². The molecule has 0 aromatic heterocycles. The van der Waals surface area contributed by atoms with Gasteiger partial charge in [-0.25, -0.2) is 4.79 Å². The lowest BCUT2D eigenvalue weighted by Crippen LogP contribution is -2.42. The highest BCUT2D eigenvalue weighted by molar-refractivity contribution is 5.89. The maximum atomic E-state index is 11.9. The molecule has 0 bridgehead atoms. The van der Waals surface area contributed by atoms with E-state index in [0.29, 0.717) is 0 Å². The molecule has 22 heavy (non-hydrogen) atoms. The third-order valence-corrected chi connectivity index (χ3v) is 3.19. The van der Waals surface area contributed by atoms with Crippen LogP contribution in [0.25, 0.3) is 10.8 Å². The third kappa shape index (κ3) is 4.05.